The van der Waals surface area contributed by atoms with Gasteiger partial charge in [-0.25, -0.2) is 4.98 Å². The highest BCUT2D eigenvalue weighted by atomic mass is 32.1. The van der Waals surface area contributed by atoms with Gasteiger partial charge in [0.25, 0.3) is 5.91 Å². The number of hydrogen-bond donors (Lipinski definition) is 1. The largest absolute Gasteiger partial charge is 0.497 e. The molecule has 124 valence electrons. The Morgan fingerprint density at radius 2 is 2.00 bits per heavy atom. The highest BCUT2D eigenvalue weighted by Crippen LogP contribution is 2.29. The van der Waals surface area contributed by atoms with E-state index in [0.717, 1.165) is 16.0 Å². The van der Waals surface area contributed by atoms with Crippen molar-refractivity contribution >= 4 is 32.6 Å². The first kappa shape index (κ1) is 16.3. The summed E-state index contributed by atoms with van der Waals surface area (Å²) in [5.74, 6) is 1.23. The number of aromatic nitrogens is 1. The van der Waals surface area contributed by atoms with E-state index in [1.165, 1.54) is 11.3 Å². The van der Waals surface area contributed by atoms with Crippen molar-refractivity contribution in [3.05, 3.63) is 48.0 Å². The molecule has 1 heterocycles. The van der Waals surface area contributed by atoms with E-state index < -0.39 is 0 Å². The average Bonchev–Trinajstić information content (AvgIpc) is 2.95. The maximum atomic E-state index is 12.4. The SMILES string of the molecule is COc1ccc2nc(NC(=O)c3cccc(OC(C)C)c3)sc2c1. The number of nitrogens with zero attached hydrogens (tertiary/aromatic N) is 1. The zero-order valence-electron chi connectivity index (χ0n) is 13.7. The first-order valence-electron chi connectivity index (χ1n) is 7.58. The molecule has 0 saturated carbocycles. The van der Waals surface area contributed by atoms with Crippen LogP contribution in [0.25, 0.3) is 10.2 Å². The first-order chi connectivity index (χ1) is 11.5. The van der Waals surface area contributed by atoms with E-state index in [1.807, 2.05) is 38.1 Å². The van der Waals surface area contributed by atoms with Gasteiger partial charge in [0.1, 0.15) is 11.5 Å². The molecular weight excluding hydrogens is 324 g/mol. The van der Waals surface area contributed by atoms with Crippen LogP contribution in [0.2, 0.25) is 0 Å². The third-order valence-electron chi connectivity index (χ3n) is 3.28. The molecule has 0 bridgehead atoms. The summed E-state index contributed by atoms with van der Waals surface area (Å²) in [5.41, 5.74) is 1.36. The summed E-state index contributed by atoms with van der Waals surface area (Å²) >= 11 is 1.41. The number of fused-ring (bicyclic) bond motifs is 1. The Hall–Kier alpha value is -2.60. The third-order valence-corrected chi connectivity index (χ3v) is 4.22. The zero-order chi connectivity index (χ0) is 17.1. The number of nitrogens with one attached hydrogen (secondary N) is 1. The molecule has 0 radical (unpaired) electrons. The van der Waals surface area contributed by atoms with E-state index in [0.29, 0.717) is 16.4 Å². The van der Waals surface area contributed by atoms with E-state index in [9.17, 15) is 4.79 Å². The molecule has 0 unspecified atom stereocenters. The van der Waals surface area contributed by atoms with Crippen molar-refractivity contribution < 1.29 is 14.3 Å². The minimum Gasteiger partial charge on any atom is -0.497 e. The number of hydrogen-bond acceptors (Lipinski definition) is 5. The summed E-state index contributed by atoms with van der Waals surface area (Å²) in [5, 5.41) is 3.39. The van der Waals surface area contributed by atoms with Gasteiger partial charge in [0.05, 0.1) is 23.4 Å². The van der Waals surface area contributed by atoms with E-state index in [4.69, 9.17) is 9.47 Å². The van der Waals surface area contributed by atoms with Crippen molar-refractivity contribution in [2.24, 2.45) is 0 Å². The molecule has 3 aromatic rings. The van der Waals surface area contributed by atoms with Crippen LogP contribution in [0, 0.1) is 0 Å². The molecule has 0 fully saturated rings. The van der Waals surface area contributed by atoms with Crippen LogP contribution < -0.4 is 14.8 Å². The lowest BCUT2D eigenvalue weighted by Crippen LogP contribution is -2.12. The van der Waals surface area contributed by atoms with Crippen LogP contribution >= 0.6 is 11.3 Å². The summed E-state index contributed by atoms with van der Waals surface area (Å²) in [6, 6.07) is 12.7. The predicted octanol–water partition coefficient (Wildman–Crippen LogP) is 4.34. The number of thiazole rings is 1. The Morgan fingerprint density at radius 3 is 2.75 bits per heavy atom. The van der Waals surface area contributed by atoms with Crippen molar-refractivity contribution in [2.45, 2.75) is 20.0 Å². The van der Waals surface area contributed by atoms with Gasteiger partial charge in [-0.3, -0.25) is 10.1 Å². The summed E-state index contributed by atoms with van der Waals surface area (Å²) in [6.45, 7) is 3.89. The third kappa shape index (κ3) is 3.65. The van der Waals surface area contributed by atoms with Crippen LogP contribution in [0.5, 0.6) is 11.5 Å². The average molecular weight is 342 g/mol. The second-order valence-electron chi connectivity index (χ2n) is 5.50. The van der Waals surface area contributed by atoms with Crippen molar-refractivity contribution in [3.63, 3.8) is 0 Å². The monoisotopic (exact) mass is 342 g/mol. The van der Waals surface area contributed by atoms with Gasteiger partial charge >= 0.3 is 0 Å². The van der Waals surface area contributed by atoms with Gasteiger partial charge in [0.2, 0.25) is 0 Å². The Labute approximate surface area is 144 Å². The molecule has 6 heteroatoms. The minimum absolute atomic E-state index is 0.0579. The standard InChI is InChI=1S/C18H18N2O3S/c1-11(2)23-14-6-4-5-12(9-14)17(21)20-18-19-15-8-7-13(22-3)10-16(15)24-18/h4-11H,1-3H3,(H,19,20,21). The minimum atomic E-state index is -0.213. The number of carbonyl (C=O) groups excluding carboxylic acids is 1. The smallest absolute Gasteiger partial charge is 0.257 e. The fraction of sp³-hybridized carbons (Fsp3) is 0.222. The molecule has 0 saturated heterocycles. The number of anilines is 1. The van der Waals surface area contributed by atoms with Crippen LogP contribution in [-0.4, -0.2) is 24.1 Å². The number of ether oxygens (including phenoxy) is 2. The van der Waals surface area contributed by atoms with Crippen LogP contribution in [0.15, 0.2) is 42.5 Å². The van der Waals surface area contributed by atoms with E-state index in [1.54, 1.807) is 25.3 Å². The normalized spacial score (nSPS) is 10.8. The lowest BCUT2D eigenvalue weighted by Gasteiger charge is -2.10. The highest BCUT2D eigenvalue weighted by molar-refractivity contribution is 7.22. The molecule has 0 aliphatic rings. The highest BCUT2D eigenvalue weighted by Gasteiger charge is 2.11. The molecule has 1 aromatic heterocycles. The maximum Gasteiger partial charge on any atom is 0.257 e. The van der Waals surface area contributed by atoms with Crippen molar-refractivity contribution in [3.8, 4) is 11.5 Å². The van der Waals surface area contributed by atoms with Gasteiger partial charge in [-0.15, -0.1) is 0 Å². The quantitative estimate of drug-likeness (QED) is 0.749. The fourth-order valence-corrected chi connectivity index (χ4v) is 3.13. The second-order valence-corrected chi connectivity index (χ2v) is 6.53. The molecule has 0 aliphatic heterocycles. The molecule has 0 atom stereocenters. The molecule has 2 aromatic carbocycles. The zero-order valence-corrected chi connectivity index (χ0v) is 14.5. The Morgan fingerprint density at radius 1 is 1.17 bits per heavy atom. The fourth-order valence-electron chi connectivity index (χ4n) is 2.24. The Bertz CT molecular complexity index is 874. The molecule has 1 N–H and O–H groups in total. The molecule has 0 spiro atoms. The summed E-state index contributed by atoms with van der Waals surface area (Å²) in [7, 11) is 1.62. The lowest BCUT2D eigenvalue weighted by molar-refractivity contribution is 0.102. The summed E-state index contributed by atoms with van der Waals surface area (Å²) in [6.07, 6.45) is 0.0579. The molecule has 24 heavy (non-hydrogen) atoms. The van der Waals surface area contributed by atoms with Gasteiger partial charge in [-0.05, 0) is 50.2 Å². The number of benzene rings is 2. The molecule has 3 rings (SSSR count). The lowest BCUT2D eigenvalue weighted by atomic mass is 10.2. The van der Waals surface area contributed by atoms with Gasteiger partial charge in [0.15, 0.2) is 5.13 Å². The molecule has 0 aliphatic carbocycles. The van der Waals surface area contributed by atoms with E-state index in [2.05, 4.69) is 10.3 Å². The van der Waals surface area contributed by atoms with Crippen LogP contribution in [0.1, 0.15) is 24.2 Å². The molecular formula is C18H18N2O3S. The van der Waals surface area contributed by atoms with Crippen molar-refractivity contribution in [1.82, 2.24) is 4.98 Å². The van der Waals surface area contributed by atoms with Crippen LogP contribution in [0.4, 0.5) is 5.13 Å². The Kier molecular flexibility index (Phi) is 4.66. The number of methoxy groups -OCH3 is 1. The van der Waals surface area contributed by atoms with Gasteiger partial charge < -0.3 is 9.47 Å². The van der Waals surface area contributed by atoms with Crippen molar-refractivity contribution in [1.29, 1.82) is 0 Å². The van der Waals surface area contributed by atoms with Crippen LogP contribution in [0.3, 0.4) is 0 Å². The number of amides is 1. The number of rotatable bonds is 5. The predicted molar refractivity (Wildman–Crippen MR) is 96.3 cm³/mol. The van der Waals surface area contributed by atoms with Gasteiger partial charge in [-0.1, -0.05) is 17.4 Å². The topological polar surface area (TPSA) is 60.5 Å². The first-order valence-corrected chi connectivity index (χ1v) is 8.39. The second kappa shape index (κ2) is 6.88. The Balaban J connectivity index is 1.79. The molecule has 1 amide bonds. The van der Waals surface area contributed by atoms with E-state index >= 15 is 0 Å². The van der Waals surface area contributed by atoms with Gasteiger partial charge in [0, 0.05) is 5.56 Å². The summed E-state index contributed by atoms with van der Waals surface area (Å²) < 4.78 is 11.8. The molecule has 5 nitrogen and oxygen atoms in total. The van der Waals surface area contributed by atoms with Crippen LogP contribution in [-0.2, 0) is 0 Å². The maximum absolute atomic E-state index is 12.4. The van der Waals surface area contributed by atoms with Crippen molar-refractivity contribution in [2.75, 3.05) is 12.4 Å². The number of carbonyl (C=O) groups is 1. The van der Waals surface area contributed by atoms with E-state index in [-0.39, 0.29) is 12.0 Å². The summed E-state index contributed by atoms with van der Waals surface area (Å²) in [4.78, 5) is 16.9. The van der Waals surface area contributed by atoms with Gasteiger partial charge in [-0.2, -0.15) is 0 Å².